The van der Waals surface area contributed by atoms with E-state index in [-0.39, 0.29) is 5.78 Å². The average molecular weight is 279 g/mol. The van der Waals surface area contributed by atoms with Crippen molar-refractivity contribution >= 4 is 16.7 Å². The number of carbonyl (C=O) groups excluding carboxylic acids is 1. The van der Waals surface area contributed by atoms with Gasteiger partial charge in [-0.25, -0.2) is 0 Å². The Bertz CT molecular complexity index is 802. The zero-order valence-electron chi connectivity index (χ0n) is 12.2. The van der Waals surface area contributed by atoms with Crippen molar-refractivity contribution in [3.05, 3.63) is 65.9 Å². The maximum atomic E-state index is 12.5. The fourth-order valence-electron chi connectivity index (χ4n) is 2.60. The van der Waals surface area contributed by atoms with E-state index in [0.29, 0.717) is 17.9 Å². The van der Waals surface area contributed by atoms with Gasteiger partial charge in [-0.1, -0.05) is 30.3 Å². The van der Waals surface area contributed by atoms with Crippen LogP contribution in [0.25, 0.3) is 10.9 Å². The number of methoxy groups -OCH3 is 1. The minimum atomic E-state index is 0.0784. The van der Waals surface area contributed by atoms with Gasteiger partial charge in [-0.15, -0.1) is 0 Å². The van der Waals surface area contributed by atoms with Crippen molar-refractivity contribution in [3.8, 4) is 5.75 Å². The first-order valence-electron chi connectivity index (χ1n) is 6.91. The van der Waals surface area contributed by atoms with Crippen molar-refractivity contribution in [2.24, 2.45) is 0 Å². The first-order valence-corrected chi connectivity index (χ1v) is 6.91. The second kappa shape index (κ2) is 5.44. The van der Waals surface area contributed by atoms with Crippen molar-refractivity contribution in [1.29, 1.82) is 0 Å². The van der Waals surface area contributed by atoms with Gasteiger partial charge in [0, 0.05) is 22.7 Å². The minimum Gasteiger partial charge on any atom is -0.497 e. The first-order chi connectivity index (χ1) is 10.2. The molecule has 2 aromatic carbocycles. The molecule has 0 atom stereocenters. The van der Waals surface area contributed by atoms with E-state index in [1.54, 1.807) is 13.2 Å². The zero-order chi connectivity index (χ0) is 14.8. The first kappa shape index (κ1) is 13.4. The predicted molar refractivity (Wildman–Crippen MR) is 84.0 cm³/mol. The lowest BCUT2D eigenvalue weighted by Gasteiger charge is -2.06. The maximum absolute atomic E-state index is 12.5. The van der Waals surface area contributed by atoms with Gasteiger partial charge in [0.2, 0.25) is 0 Å². The predicted octanol–water partition coefficient (Wildman–Crippen LogP) is 3.84. The molecular formula is C18H17NO2. The van der Waals surface area contributed by atoms with Crippen molar-refractivity contribution < 1.29 is 9.53 Å². The van der Waals surface area contributed by atoms with E-state index in [1.807, 2.05) is 47.2 Å². The number of Topliss-reactive ketones (excluding diaryl/α,β-unsaturated/α-hetero) is 1. The highest BCUT2D eigenvalue weighted by atomic mass is 16.5. The largest absolute Gasteiger partial charge is 0.497 e. The number of benzene rings is 2. The monoisotopic (exact) mass is 279 g/mol. The van der Waals surface area contributed by atoms with Crippen LogP contribution in [0.2, 0.25) is 0 Å². The Morgan fingerprint density at radius 2 is 1.95 bits per heavy atom. The fourth-order valence-corrected chi connectivity index (χ4v) is 2.60. The van der Waals surface area contributed by atoms with Crippen LogP contribution in [0.15, 0.2) is 54.7 Å². The second-order valence-electron chi connectivity index (χ2n) is 5.11. The lowest BCUT2D eigenvalue weighted by molar-refractivity contribution is 0.0973. The van der Waals surface area contributed by atoms with Crippen LogP contribution in [0, 0.1) is 6.92 Å². The summed E-state index contributed by atoms with van der Waals surface area (Å²) in [5.41, 5.74) is 2.94. The highest BCUT2D eigenvalue weighted by molar-refractivity contribution is 5.97. The highest BCUT2D eigenvalue weighted by Gasteiger charge is 2.11. The minimum absolute atomic E-state index is 0.0784. The maximum Gasteiger partial charge on any atom is 0.182 e. The van der Waals surface area contributed by atoms with Gasteiger partial charge in [0.1, 0.15) is 5.75 Å². The van der Waals surface area contributed by atoms with Crippen LogP contribution in [-0.2, 0) is 6.54 Å². The summed E-state index contributed by atoms with van der Waals surface area (Å²) >= 11 is 0. The molecule has 0 aliphatic heterocycles. The average Bonchev–Trinajstić information content (AvgIpc) is 2.84. The van der Waals surface area contributed by atoms with Crippen molar-refractivity contribution in [2.45, 2.75) is 13.5 Å². The van der Waals surface area contributed by atoms with E-state index >= 15 is 0 Å². The lowest BCUT2D eigenvalue weighted by Crippen LogP contribution is -2.09. The number of aromatic nitrogens is 1. The molecule has 0 aliphatic rings. The number of nitrogens with zero attached hydrogens (tertiary/aromatic N) is 1. The molecule has 3 heteroatoms. The van der Waals surface area contributed by atoms with Gasteiger partial charge in [-0.2, -0.15) is 0 Å². The molecule has 0 saturated heterocycles. The van der Waals surface area contributed by atoms with E-state index in [0.717, 1.165) is 5.52 Å². The Morgan fingerprint density at radius 3 is 2.76 bits per heavy atom. The summed E-state index contributed by atoms with van der Waals surface area (Å²) < 4.78 is 7.18. The molecule has 0 amide bonds. The van der Waals surface area contributed by atoms with Crippen LogP contribution < -0.4 is 4.74 Å². The van der Waals surface area contributed by atoms with E-state index in [9.17, 15) is 4.79 Å². The zero-order valence-corrected chi connectivity index (χ0v) is 12.2. The molecule has 0 saturated carbocycles. The van der Waals surface area contributed by atoms with E-state index in [1.165, 1.54) is 10.9 Å². The Kier molecular flexibility index (Phi) is 3.48. The van der Waals surface area contributed by atoms with Crippen molar-refractivity contribution in [1.82, 2.24) is 4.57 Å². The fraction of sp³-hybridized carbons (Fsp3) is 0.167. The standard InChI is InChI=1S/C18H17NO2/c1-13-11-19(17-9-4-3-8-16(13)17)12-18(20)14-6-5-7-15(10-14)21-2/h3-11H,12H2,1-2H3. The van der Waals surface area contributed by atoms with Crippen LogP contribution in [0.3, 0.4) is 0 Å². The number of ketones is 1. The van der Waals surface area contributed by atoms with E-state index in [4.69, 9.17) is 4.74 Å². The molecule has 106 valence electrons. The Morgan fingerprint density at radius 1 is 1.14 bits per heavy atom. The molecule has 0 N–H and O–H groups in total. The molecular weight excluding hydrogens is 262 g/mol. The number of para-hydroxylation sites is 1. The third-order valence-corrected chi connectivity index (χ3v) is 3.69. The Hall–Kier alpha value is -2.55. The van der Waals surface area contributed by atoms with Crippen LogP contribution in [-0.4, -0.2) is 17.5 Å². The van der Waals surface area contributed by atoms with Crippen LogP contribution >= 0.6 is 0 Å². The summed E-state index contributed by atoms with van der Waals surface area (Å²) in [7, 11) is 1.60. The molecule has 21 heavy (non-hydrogen) atoms. The van der Waals surface area contributed by atoms with Gasteiger partial charge >= 0.3 is 0 Å². The molecule has 3 aromatic rings. The SMILES string of the molecule is COc1cccc(C(=O)Cn2cc(C)c3ccccc32)c1. The lowest BCUT2D eigenvalue weighted by atomic mass is 10.1. The molecule has 3 rings (SSSR count). The molecule has 0 radical (unpaired) electrons. The molecule has 1 aromatic heterocycles. The van der Waals surface area contributed by atoms with Gasteiger partial charge in [0.15, 0.2) is 5.78 Å². The molecule has 3 nitrogen and oxygen atoms in total. The number of rotatable bonds is 4. The second-order valence-corrected chi connectivity index (χ2v) is 5.11. The Labute approximate surface area is 123 Å². The number of fused-ring (bicyclic) bond motifs is 1. The number of ether oxygens (including phenoxy) is 1. The molecule has 0 aliphatic carbocycles. The topological polar surface area (TPSA) is 31.2 Å². The highest BCUT2D eigenvalue weighted by Crippen LogP contribution is 2.21. The smallest absolute Gasteiger partial charge is 0.182 e. The Balaban J connectivity index is 1.93. The van der Waals surface area contributed by atoms with Crippen LogP contribution in [0.5, 0.6) is 5.75 Å². The summed E-state index contributed by atoms with van der Waals surface area (Å²) in [6.07, 6.45) is 2.03. The van der Waals surface area contributed by atoms with Crippen molar-refractivity contribution in [3.63, 3.8) is 0 Å². The molecule has 0 unspecified atom stereocenters. The molecule has 0 fully saturated rings. The number of carbonyl (C=O) groups is 1. The van der Waals surface area contributed by atoms with E-state index < -0.39 is 0 Å². The van der Waals surface area contributed by atoms with Crippen molar-refractivity contribution in [2.75, 3.05) is 7.11 Å². The summed E-state index contributed by atoms with van der Waals surface area (Å²) in [6, 6.07) is 15.4. The van der Waals surface area contributed by atoms with Gasteiger partial charge in [-0.05, 0) is 30.7 Å². The van der Waals surface area contributed by atoms with Gasteiger partial charge in [-0.3, -0.25) is 4.79 Å². The number of aryl methyl sites for hydroxylation is 1. The third kappa shape index (κ3) is 2.55. The molecule has 0 spiro atoms. The summed E-state index contributed by atoms with van der Waals surface area (Å²) in [4.78, 5) is 12.5. The van der Waals surface area contributed by atoms with Gasteiger partial charge in [0.25, 0.3) is 0 Å². The van der Waals surface area contributed by atoms with Crippen LogP contribution in [0.4, 0.5) is 0 Å². The van der Waals surface area contributed by atoms with Crippen LogP contribution in [0.1, 0.15) is 15.9 Å². The summed E-state index contributed by atoms with van der Waals surface area (Å²) in [6.45, 7) is 2.40. The van der Waals surface area contributed by atoms with E-state index in [2.05, 4.69) is 13.0 Å². The number of hydrogen-bond donors (Lipinski definition) is 0. The normalized spacial score (nSPS) is 10.8. The third-order valence-electron chi connectivity index (χ3n) is 3.69. The molecule has 1 heterocycles. The summed E-state index contributed by atoms with van der Waals surface area (Å²) in [5, 5.41) is 1.19. The molecule has 0 bridgehead atoms. The van der Waals surface area contributed by atoms with Gasteiger partial charge < -0.3 is 9.30 Å². The summed E-state index contributed by atoms with van der Waals surface area (Å²) in [5.74, 6) is 0.782. The number of hydrogen-bond acceptors (Lipinski definition) is 2. The quantitative estimate of drug-likeness (QED) is 0.679. The van der Waals surface area contributed by atoms with Gasteiger partial charge in [0.05, 0.1) is 13.7 Å².